The van der Waals surface area contributed by atoms with E-state index in [9.17, 15) is 4.79 Å². The second-order valence-electron chi connectivity index (χ2n) is 10.1. The summed E-state index contributed by atoms with van der Waals surface area (Å²) in [7, 11) is 1.65. The van der Waals surface area contributed by atoms with Crippen LogP contribution in [-0.4, -0.2) is 42.5 Å². The van der Waals surface area contributed by atoms with Crippen LogP contribution < -0.4 is 10.1 Å². The molecule has 5 heteroatoms. The summed E-state index contributed by atoms with van der Waals surface area (Å²) in [6.45, 7) is 7.11. The van der Waals surface area contributed by atoms with Crippen LogP contribution in [0.15, 0.2) is 78.9 Å². The Morgan fingerprint density at radius 3 is 2.41 bits per heavy atom. The van der Waals surface area contributed by atoms with Crippen LogP contribution in [0.4, 0.5) is 0 Å². The lowest BCUT2D eigenvalue weighted by atomic mass is 9.98. The number of nitrogens with zero attached hydrogens (tertiary/aromatic N) is 2. The van der Waals surface area contributed by atoms with Crippen LogP contribution in [0, 0.1) is 0 Å². The molecular formula is C32H35N3O2. The van der Waals surface area contributed by atoms with Gasteiger partial charge < -0.3 is 10.1 Å². The Hall–Kier alpha value is -3.70. The maximum atomic E-state index is 13.7. The van der Waals surface area contributed by atoms with Crippen LogP contribution in [0.25, 0.3) is 22.2 Å². The molecule has 1 aliphatic rings. The fourth-order valence-electron chi connectivity index (χ4n) is 5.19. The van der Waals surface area contributed by atoms with Gasteiger partial charge in [-0.05, 0) is 67.2 Å². The Morgan fingerprint density at radius 1 is 0.946 bits per heavy atom. The number of carbonyl (C=O) groups excluding carboxylic acids is 1. The zero-order valence-corrected chi connectivity index (χ0v) is 21.9. The van der Waals surface area contributed by atoms with Gasteiger partial charge in [0.2, 0.25) is 0 Å². The summed E-state index contributed by atoms with van der Waals surface area (Å²) >= 11 is 0. The first kappa shape index (κ1) is 25.0. The second-order valence-corrected chi connectivity index (χ2v) is 10.1. The SMILES string of the molecule is COc1cccc(-c2cc(C(=O)NC[C@H](c3ccc(C(C)C)cc3)N3CCCC3)c3ccccc3n2)c1. The second kappa shape index (κ2) is 11.1. The zero-order valence-electron chi connectivity index (χ0n) is 21.9. The molecule has 1 aromatic heterocycles. The smallest absolute Gasteiger partial charge is 0.252 e. The Morgan fingerprint density at radius 2 is 1.68 bits per heavy atom. The number of carbonyl (C=O) groups is 1. The summed E-state index contributed by atoms with van der Waals surface area (Å²) in [5.41, 5.74) is 5.69. The van der Waals surface area contributed by atoms with Gasteiger partial charge in [0.05, 0.1) is 29.9 Å². The van der Waals surface area contributed by atoms with E-state index in [1.807, 2.05) is 54.6 Å². The predicted molar refractivity (Wildman–Crippen MR) is 150 cm³/mol. The highest BCUT2D eigenvalue weighted by molar-refractivity contribution is 6.07. The maximum absolute atomic E-state index is 13.7. The first-order valence-electron chi connectivity index (χ1n) is 13.2. The number of amides is 1. The molecule has 0 aliphatic carbocycles. The van der Waals surface area contributed by atoms with Crippen molar-refractivity contribution in [1.29, 1.82) is 0 Å². The molecule has 4 aromatic rings. The van der Waals surface area contributed by atoms with Gasteiger partial charge in [-0.25, -0.2) is 4.98 Å². The van der Waals surface area contributed by atoms with Crippen LogP contribution in [0.3, 0.4) is 0 Å². The topological polar surface area (TPSA) is 54.5 Å². The van der Waals surface area contributed by atoms with E-state index in [1.165, 1.54) is 24.0 Å². The average Bonchev–Trinajstić information content (AvgIpc) is 3.47. The number of methoxy groups -OCH3 is 1. The number of hydrogen-bond donors (Lipinski definition) is 1. The molecule has 0 radical (unpaired) electrons. The number of nitrogens with one attached hydrogen (secondary N) is 1. The van der Waals surface area contributed by atoms with Crippen LogP contribution in [-0.2, 0) is 0 Å². The summed E-state index contributed by atoms with van der Waals surface area (Å²) in [5, 5.41) is 4.12. The minimum absolute atomic E-state index is 0.0780. The van der Waals surface area contributed by atoms with Gasteiger partial charge >= 0.3 is 0 Å². The predicted octanol–water partition coefficient (Wildman–Crippen LogP) is 6.60. The molecule has 2 heterocycles. The van der Waals surface area contributed by atoms with E-state index >= 15 is 0 Å². The van der Waals surface area contributed by atoms with Gasteiger partial charge in [-0.2, -0.15) is 0 Å². The molecule has 1 fully saturated rings. The molecule has 0 spiro atoms. The fourth-order valence-corrected chi connectivity index (χ4v) is 5.19. The van der Waals surface area contributed by atoms with E-state index < -0.39 is 0 Å². The van der Waals surface area contributed by atoms with Crippen molar-refractivity contribution >= 4 is 16.8 Å². The Balaban J connectivity index is 1.44. The van der Waals surface area contributed by atoms with Crippen LogP contribution in [0.5, 0.6) is 5.75 Å². The van der Waals surface area contributed by atoms with Crippen molar-refractivity contribution < 1.29 is 9.53 Å². The number of aromatic nitrogens is 1. The van der Waals surface area contributed by atoms with Crippen LogP contribution in [0.2, 0.25) is 0 Å². The van der Waals surface area contributed by atoms with Crippen molar-refractivity contribution in [2.75, 3.05) is 26.7 Å². The number of pyridine rings is 1. The Labute approximate surface area is 219 Å². The largest absolute Gasteiger partial charge is 0.497 e. The highest BCUT2D eigenvalue weighted by Gasteiger charge is 2.25. The Bertz CT molecular complexity index is 1370. The Kier molecular flexibility index (Phi) is 7.52. The number of ether oxygens (including phenoxy) is 1. The van der Waals surface area contributed by atoms with Gasteiger partial charge in [-0.15, -0.1) is 0 Å². The zero-order chi connectivity index (χ0) is 25.8. The molecule has 5 nitrogen and oxygen atoms in total. The molecule has 1 amide bonds. The lowest BCUT2D eigenvalue weighted by Gasteiger charge is -2.28. The fraction of sp³-hybridized carbons (Fsp3) is 0.312. The molecule has 1 N–H and O–H groups in total. The standard InChI is InChI=1S/C32H35N3O2/c1-22(2)23-13-15-24(16-14-23)31(35-17-6-7-18-35)21-33-32(36)28-20-30(25-9-8-10-26(19-25)37-3)34-29-12-5-4-11-27(28)29/h4-5,8-16,19-20,22,31H,6-7,17-18,21H2,1-3H3,(H,33,36)/t31-/m1/s1. The van der Waals surface area contributed by atoms with E-state index in [4.69, 9.17) is 9.72 Å². The van der Waals surface area contributed by atoms with E-state index in [-0.39, 0.29) is 11.9 Å². The van der Waals surface area contributed by atoms with Crippen molar-refractivity contribution in [2.24, 2.45) is 0 Å². The first-order valence-corrected chi connectivity index (χ1v) is 13.2. The first-order chi connectivity index (χ1) is 18.0. The molecule has 1 saturated heterocycles. The monoisotopic (exact) mass is 493 g/mol. The molecule has 190 valence electrons. The molecule has 0 bridgehead atoms. The molecule has 37 heavy (non-hydrogen) atoms. The summed E-state index contributed by atoms with van der Waals surface area (Å²) < 4.78 is 5.41. The number of benzene rings is 3. The van der Waals surface area contributed by atoms with Crippen molar-refractivity contribution in [3.05, 3.63) is 95.6 Å². The van der Waals surface area contributed by atoms with E-state index in [2.05, 4.69) is 48.3 Å². The van der Waals surface area contributed by atoms with Gasteiger partial charge in [0.25, 0.3) is 5.91 Å². The molecular weight excluding hydrogens is 458 g/mol. The molecule has 0 saturated carbocycles. The van der Waals surface area contributed by atoms with Crippen LogP contribution >= 0.6 is 0 Å². The van der Waals surface area contributed by atoms with Crippen LogP contribution in [0.1, 0.15) is 60.1 Å². The lowest BCUT2D eigenvalue weighted by Crippen LogP contribution is -2.37. The van der Waals surface area contributed by atoms with Gasteiger partial charge in [0, 0.05) is 17.5 Å². The van der Waals surface area contributed by atoms with Crippen molar-refractivity contribution in [3.63, 3.8) is 0 Å². The van der Waals surface area contributed by atoms with Gasteiger partial charge in [0.15, 0.2) is 0 Å². The van der Waals surface area contributed by atoms with E-state index in [0.717, 1.165) is 41.0 Å². The van der Waals surface area contributed by atoms with Crippen molar-refractivity contribution in [1.82, 2.24) is 15.2 Å². The minimum Gasteiger partial charge on any atom is -0.497 e. The number of fused-ring (bicyclic) bond motifs is 1. The summed E-state index contributed by atoms with van der Waals surface area (Å²) in [4.78, 5) is 21.0. The number of para-hydroxylation sites is 1. The third-order valence-corrected chi connectivity index (χ3v) is 7.35. The molecule has 5 rings (SSSR count). The summed E-state index contributed by atoms with van der Waals surface area (Å²) in [6, 6.07) is 26.6. The van der Waals surface area contributed by atoms with Gasteiger partial charge in [-0.3, -0.25) is 9.69 Å². The van der Waals surface area contributed by atoms with Gasteiger partial charge in [-0.1, -0.05) is 68.4 Å². The summed E-state index contributed by atoms with van der Waals surface area (Å²) in [5.74, 6) is 1.18. The van der Waals surface area contributed by atoms with Crippen molar-refractivity contribution in [3.8, 4) is 17.0 Å². The number of rotatable bonds is 8. The van der Waals surface area contributed by atoms with Gasteiger partial charge in [0.1, 0.15) is 5.75 Å². The van der Waals surface area contributed by atoms with E-state index in [1.54, 1.807) is 7.11 Å². The number of hydrogen-bond acceptors (Lipinski definition) is 4. The third kappa shape index (κ3) is 5.52. The lowest BCUT2D eigenvalue weighted by molar-refractivity contribution is 0.0939. The molecule has 0 unspecified atom stereocenters. The molecule has 1 atom stereocenters. The van der Waals surface area contributed by atoms with Crippen molar-refractivity contribution in [2.45, 2.75) is 38.6 Å². The maximum Gasteiger partial charge on any atom is 0.252 e. The third-order valence-electron chi connectivity index (χ3n) is 7.35. The van der Waals surface area contributed by atoms with E-state index in [0.29, 0.717) is 18.0 Å². The highest BCUT2D eigenvalue weighted by Crippen LogP contribution is 2.29. The molecule has 1 aliphatic heterocycles. The number of likely N-dealkylation sites (tertiary alicyclic amines) is 1. The quantitative estimate of drug-likeness (QED) is 0.300. The summed E-state index contributed by atoms with van der Waals surface area (Å²) in [6.07, 6.45) is 2.40. The normalized spacial score (nSPS) is 14.7. The molecule has 3 aromatic carbocycles. The average molecular weight is 494 g/mol. The highest BCUT2D eigenvalue weighted by atomic mass is 16.5. The minimum atomic E-state index is -0.0780.